The molecule has 142 valence electrons. The number of piperidine rings is 1. The molecule has 3 aliphatic rings. The van der Waals surface area contributed by atoms with Crippen LogP contribution in [0.5, 0.6) is 0 Å². The Balaban J connectivity index is 0.000000410. The van der Waals surface area contributed by atoms with Gasteiger partial charge in [0, 0.05) is 19.3 Å². The van der Waals surface area contributed by atoms with Crippen LogP contribution in [0.4, 0.5) is 5.82 Å². The van der Waals surface area contributed by atoms with Crippen molar-refractivity contribution in [3.8, 4) is 0 Å². The Kier molecular flexibility index (Phi) is 8.17. The summed E-state index contributed by atoms with van der Waals surface area (Å²) >= 11 is 0. The third-order valence-corrected chi connectivity index (χ3v) is 4.91. The highest BCUT2D eigenvalue weighted by Crippen LogP contribution is 2.41. The zero-order valence-electron chi connectivity index (χ0n) is 16.7. The first-order valence-electron chi connectivity index (χ1n) is 10.3. The third kappa shape index (κ3) is 5.68. The molecule has 0 unspecified atom stereocenters. The Labute approximate surface area is 154 Å². The molecule has 2 saturated heterocycles. The highest BCUT2D eigenvalue weighted by Gasteiger charge is 2.38. The Morgan fingerprint density at radius 3 is 2.56 bits per heavy atom. The van der Waals surface area contributed by atoms with Gasteiger partial charge in [0.25, 0.3) is 0 Å². The van der Waals surface area contributed by atoms with Gasteiger partial charge in [-0.1, -0.05) is 34.1 Å². The van der Waals surface area contributed by atoms with Gasteiger partial charge in [-0.2, -0.15) is 0 Å². The molecule has 1 aromatic heterocycles. The minimum absolute atomic E-state index is 0.0563. The molecule has 25 heavy (non-hydrogen) atoms. The largest absolute Gasteiger partial charge is 0.371 e. The van der Waals surface area contributed by atoms with Gasteiger partial charge >= 0.3 is 0 Å². The molecular formula is C21H37N3O. The van der Waals surface area contributed by atoms with Gasteiger partial charge in [-0.3, -0.25) is 0 Å². The number of anilines is 1. The van der Waals surface area contributed by atoms with Crippen molar-refractivity contribution < 1.29 is 4.74 Å². The van der Waals surface area contributed by atoms with Gasteiger partial charge in [0.2, 0.25) is 0 Å². The lowest BCUT2D eigenvalue weighted by Crippen LogP contribution is -2.56. The van der Waals surface area contributed by atoms with Crippen molar-refractivity contribution >= 4 is 5.82 Å². The fraction of sp³-hybridized carbons (Fsp3) is 0.762. The predicted molar refractivity (Wildman–Crippen MR) is 107 cm³/mol. The van der Waals surface area contributed by atoms with Gasteiger partial charge < -0.3 is 15.0 Å². The SMILES string of the molecule is CC.CCC.c1cc(C2CC2)cc(N2CCOC3(CCNCC3)C2)n1. The van der Waals surface area contributed by atoms with Crippen LogP contribution in [0, 0.1) is 0 Å². The van der Waals surface area contributed by atoms with E-state index < -0.39 is 0 Å². The van der Waals surface area contributed by atoms with Crippen LogP contribution in [0.15, 0.2) is 18.3 Å². The molecule has 1 aromatic rings. The van der Waals surface area contributed by atoms with Crippen molar-refractivity contribution in [3.05, 3.63) is 23.9 Å². The maximum absolute atomic E-state index is 6.14. The maximum atomic E-state index is 6.14. The molecule has 0 bridgehead atoms. The number of nitrogens with zero attached hydrogens (tertiary/aromatic N) is 2. The van der Waals surface area contributed by atoms with Gasteiger partial charge in [-0.05, 0) is 62.4 Å². The summed E-state index contributed by atoms with van der Waals surface area (Å²) in [7, 11) is 0. The van der Waals surface area contributed by atoms with Crippen LogP contribution >= 0.6 is 0 Å². The van der Waals surface area contributed by atoms with Crippen LogP contribution < -0.4 is 10.2 Å². The molecular weight excluding hydrogens is 310 g/mol. The zero-order chi connectivity index (χ0) is 18.1. The summed E-state index contributed by atoms with van der Waals surface area (Å²) in [4.78, 5) is 7.04. The lowest BCUT2D eigenvalue weighted by Gasteiger charge is -2.45. The summed E-state index contributed by atoms with van der Waals surface area (Å²) in [5.74, 6) is 1.95. The monoisotopic (exact) mass is 347 g/mol. The molecule has 2 aliphatic heterocycles. The summed E-state index contributed by atoms with van der Waals surface area (Å²) in [5.41, 5.74) is 1.53. The first-order chi connectivity index (χ1) is 12.3. The molecule has 3 heterocycles. The minimum atomic E-state index is 0.0563. The topological polar surface area (TPSA) is 37.4 Å². The molecule has 0 radical (unpaired) electrons. The quantitative estimate of drug-likeness (QED) is 0.862. The lowest BCUT2D eigenvalue weighted by atomic mass is 9.90. The van der Waals surface area contributed by atoms with E-state index in [1.54, 1.807) is 0 Å². The highest BCUT2D eigenvalue weighted by molar-refractivity contribution is 5.44. The highest BCUT2D eigenvalue weighted by atomic mass is 16.5. The Morgan fingerprint density at radius 1 is 1.24 bits per heavy atom. The summed E-state index contributed by atoms with van der Waals surface area (Å²) in [6.45, 7) is 13.2. The van der Waals surface area contributed by atoms with Gasteiger partial charge in [0.05, 0.1) is 12.2 Å². The third-order valence-electron chi connectivity index (χ3n) is 4.91. The van der Waals surface area contributed by atoms with Crippen LogP contribution in [-0.2, 0) is 4.74 Å². The molecule has 1 aliphatic carbocycles. The fourth-order valence-corrected chi connectivity index (χ4v) is 3.50. The second-order valence-electron chi connectivity index (χ2n) is 7.13. The first-order valence-corrected chi connectivity index (χ1v) is 10.3. The number of aromatic nitrogens is 1. The summed E-state index contributed by atoms with van der Waals surface area (Å²) in [5, 5.41) is 3.43. The Hall–Kier alpha value is -1.13. The van der Waals surface area contributed by atoms with Crippen molar-refractivity contribution in [2.45, 2.75) is 71.3 Å². The molecule has 4 heteroatoms. The van der Waals surface area contributed by atoms with Crippen LogP contribution in [0.3, 0.4) is 0 Å². The molecule has 4 rings (SSSR count). The van der Waals surface area contributed by atoms with Crippen LogP contribution in [0.1, 0.15) is 71.3 Å². The molecule has 1 spiro atoms. The maximum Gasteiger partial charge on any atom is 0.128 e. The average molecular weight is 348 g/mol. The average Bonchev–Trinajstić information content (AvgIpc) is 3.50. The molecule has 1 N–H and O–H groups in total. The number of pyridine rings is 1. The van der Waals surface area contributed by atoms with E-state index in [1.165, 1.54) is 24.8 Å². The minimum Gasteiger partial charge on any atom is -0.371 e. The summed E-state index contributed by atoms with van der Waals surface area (Å²) in [6, 6.07) is 4.49. The fourth-order valence-electron chi connectivity index (χ4n) is 3.50. The molecule has 0 amide bonds. The second kappa shape index (κ2) is 10.1. The Morgan fingerprint density at radius 2 is 1.92 bits per heavy atom. The molecule has 0 atom stereocenters. The van der Waals surface area contributed by atoms with Crippen LogP contribution in [0.2, 0.25) is 0 Å². The van der Waals surface area contributed by atoms with Crippen molar-refractivity contribution in [3.63, 3.8) is 0 Å². The van der Waals surface area contributed by atoms with Crippen LogP contribution in [-0.4, -0.2) is 43.4 Å². The smallest absolute Gasteiger partial charge is 0.128 e. The molecule has 4 nitrogen and oxygen atoms in total. The first kappa shape index (κ1) is 20.2. The number of morpholine rings is 1. The van der Waals surface area contributed by atoms with Gasteiger partial charge in [-0.15, -0.1) is 0 Å². The standard InChI is InChI=1S/C16H23N3O.C3H8.C2H6/c1-2-13(1)14-3-6-18-15(11-14)19-9-10-20-16(12-19)4-7-17-8-5-16;1-3-2;1-2/h3,6,11,13,17H,1-2,4-5,7-10,12H2;3H2,1-2H3;1-2H3. The van der Waals surface area contributed by atoms with Crippen molar-refractivity contribution in [1.82, 2.24) is 10.3 Å². The van der Waals surface area contributed by atoms with E-state index in [2.05, 4.69) is 41.2 Å². The number of hydrogen-bond donors (Lipinski definition) is 1. The normalized spacial score (nSPS) is 21.7. The van der Waals surface area contributed by atoms with E-state index in [0.29, 0.717) is 0 Å². The van der Waals surface area contributed by atoms with Crippen molar-refractivity contribution in [2.75, 3.05) is 37.7 Å². The number of ether oxygens (including phenoxy) is 1. The van der Waals surface area contributed by atoms with E-state index in [9.17, 15) is 0 Å². The predicted octanol–water partition coefficient (Wildman–Crippen LogP) is 4.36. The number of rotatable bonds is 2. The van der Waals surface area contributed by atoms with Gasteiger partial charge in [0.1, 0.15) is 5.82 Å². The van der Waals surface area contributed by atoms with E-state index >= 15 is 0 Å². The zero-order valence-corrected chi connectivity index (χ0v) is 16.7. The van der Waals surface area contributed by atoms with Gasteiger partial charge in [-0.25, -0.2) is 4.98 Å². The van der Waals surface area contributed by atoms with E-state index in [4.69, 9.17) is 4.74 Å². The second-order valence-corrected chi connectivity index (χ2v) is 7.13. The van der Waals surface area contributed by atoms with Gasteiger partial charge in [0.15, 0.2) is 0 Å². The molecule has 3 fully saturated rings. The lowest BCUT2D eigenvalue weighted by molar-refractivity contribution is -0.0740. The summed E-state index contributed by atoms with van der Waals surface area (Å²) in [6.07, 6.45) is 8.16. The van der Waals surface area contributed by atoms with Crippen LogP contribution in [0.25, 0.3) is 0 Å². The summed E-state index contributed by atoms with van der Waals surface area (Å²) < 4.78 is 6.14. The van der Waals surface area contributed by atoms with E-state index in [0.717, 1.165) is 57.4 Å². The van der Waals surface area contributed by atoms with E-state index in [-0.39, 0.29) is 5.60 Å². The number of nitrogens with one attached hydrogen (secondary N) is 1. The van der Waals surface area contributed by atoms with E-state index in [1.807, 2.05) is 20.0 Å². The Bertz CT molecular complexity index is 490. The van der Waals surface area contributed by atoms with Crippen molar-refractivity contribution in [1.29, 1.82) is 0 Å². The number of hydrogen-bond acceptors (Lipinski definition) is 4. The molecule has 1 saturated carbocycles. The molecule has 0 aromatic carbocycles. The van der Waals surface area contributed by atoms with Crippen molar-refractivity contribution in [2.24, 2.45) is 0 Å².